The van der Waals surface area contributed by atoms with Crippen LogP contribution in [0, 0.1) is 17.8 Å². The number of ketones is 1. The maximum Gasteiger partial charge on any atom is 0.347 e. The molecule has 216 valence electrons. The number of aliphatic hydroxyl groups excluding tert-OH is 1. The molecule has 1 unspecified atom stereocenters. The number of hydrogen-bond acceptors (Lipinski definition) is 12. The van der Waals surface area contributed by atoms with Crippen LogP contribution in [0.25, 0.3) is 0 Å². The van der Waals surface area contributed by atoms with Gasteiger partial charge in [-0.15, -0.1) is 0 Å². The Balaban J connectivity index is 1.61. The number of phenolic OH excluding ortho intramolecular Hbond substituents is 4. The molecule has 1 saturated carbocycles. The van der Waals surface area contributed by atoms with E-state index in [0.29, 0.717) is 11.1 Å². The summed E-state index contributed by atoms with van der Waals surface area (Å²) in [5, 5.41) is 49.7. The monoisotopic (exact) mass is 568 g/mol. The molecule has 6 atom stereocenters. The van der Waals surface area contributed by atoms with E-state index in [-0.39, 0.29) is 23.5 Å². The van der Waals surface area contributed by atoms with Crippen molar-refractivity contribution in [1.82, 2.24) is 0 Å². The molecule has 0 heterocycles. The number of aromatic hydroxyl groups is 4. The van der Waals surface area contributed by atoms with Crippen LogP contribution in [0.15, 0.2) is 60.2 Å². The fourth-order valence-corrected chi connectivity index (χ4v) is 5.40. The summed E-state index contributed by atoms with van der Waals surface area (Å²) >= 11 is 0. The van der Waals surface area contributed by atoms with E-state index in [1.165, 1.54) is 48.6 Å². The molecule has 2 bridgehead atoms. The summed E-state index contributed by atoms with van der Waals surface area (Å²) in [6.07, 6.45) is 0.595. The van der Waals surface area contributed by atoms with E-state index in [1.54, 1.807) is 0 Å². The van der Waals surface area contributed by atoms with Gasteiger partial charge in [-0.05, 0) is 41.0 Å². The van der Waals surface area contributed by atoms with Gasteiger partial charge in [-0.1, -0.05) is 24.3 Å². The van der Waals surface area contributed by atoms with Crippen molar-refractivity contribution in [1.29, 1.82) is 0 Å². The minimum atomic E-state index is -1.59. The lowest BCUT2D eigenvalue weighted by Gasteiger charge is -2.47. The average molecular weight is 569 g/mol. The summed E-state index contributed by atoms with van der Waals surface area (Å²) in [6.45, 7) is 0. The second-order valence-electron chi connectivity index (χ2n) is 9.70. The Labute approximate surface area is 233 Å². The number of carbonyl (C=O) groups excluding carboxylic acids is 4. The molecular formula is C29H28O12. The minimum Gasteiger partial charge on any atom is -0.504 e. The summed E-state index contributed by atoms with van der Waals surface area (Å²) in [5.41, 5.74) is 1.02. The maximum absolute atomic E-state index is 13.0. The zero-order chi connectivity index (χ0) is 30.0. The van der Waals surface area contributed by atoms with Crippen molar-refractivity contribution in [2.75, 3.05) is 14.2 Å². The lowest BCUT2D eigenvalue weighted by Crippen LogP contribution is -2.55. The van der Waals surface area contributed by atoms with Gasteiger partial charge in [0.25, 0.3) is 0 Å². The summed E-state index contributed by atoms with van der Waals surface area (Å²) in [6, 6.07) is 7.75. The van der Waals surface area contributed by atoms with Gasteiger partial charge in [0.1, 0.15) is 6.10 Å². The number of aliphatic hydroxyl groups is 1. The zero-order valence-electron chi connectivity index (χ0n) is 22.0. The second-order valence-corrected chi connectivity index (χ2v) is 9.70. The van der Waals surface area contributed by atoms with Gasteiger partial charge in [0.2, 0.25) is 6.10 Å². The fourth-order valence-electron chi connectivity index (χ4n) is 5.40. The number of benzene rings is 2. The number of esters is 3. The lowest BCUT2D eigenvalue weighted by molar-refractivity contribution is -0.162. The van der Waals surface area contributed by atoms with Crippen LogP contribution in [-0.2, 0) is 39.8 Å². The van der Waals surface area contributed by atoms with E-state index in [1.807, 2.05) is 0 Å². The van der Waals surface area contributed by atoms with Crippen LogP contribution in [-0.4, -0.2) is 75.7 Å². The zero-order valence-corrected chi connectivity index (χ0v) is 22.0. The van der Waals surface area contributed by atoms with Crippen molar-refractivity contribution in [3.63, 3.8) is 0 Å². The second kappa shape index (κ2) is 11.7. The quantitative estimate of drug-likeness (QED) is 0.133. The molecule has 0 radical (unpaired) electrons. The van der Waals surface area contributed by atoms with Crippen LogP contribution in [0.4, 0.5) is 0 Å². The number of rotatable bonds is 8. The molecule has 1 fully saturated rings. The topological polar surface area (TPSA) is 197 Å². The minimum absolute atomic E-state index is 0.174. The molecule has 3 aliphatic carbocycles. The van der Waals surface area contributed by atoms with E-state index in [4.69, 9.17) is 14.2 Å². The normalized spacial score (nSPS) is 24.0. The van der Waals surface area contributed by atoms with Crippen molar-refractivity contribution in [2.45, 2.75) is 24.5 Å². The Morgan fingerprint density at radius 1 is 0.902 bits per heavy atom. The highest BCUT2D eigenvalue weighted by Gasteiger charge is 2.56. The third-order valence-electron chi connectivity index (χ3n) is 7.33. The molecule has 0 aromatic heterocycles. The van der Waals surface area contributed by atoms with Crippen molar-refractivity contribution < 1.29 is 58.9 Å². The molecule has 2 aromatic rings. The number of methoxy groups -OCH3 is 2. The maximum atomic E-state index is 13.0. The predicted octanol–water partition coefficient (Wildman–Crippen LogP) is 1.38. The highest BCUT2D eigenvalue weighted by molar-refractivity contribution is 5.95. The Kier molecular flexibility index (Phi) is 8.33. The van der Waals surface area contributed by atoms with Gasteiger partial charge in [0.15, 0.2) is 28.8 Å². The number of carbonyl (C=O) groups is 4. The van der Waals surface area contributed by atoms with E-state index in [0.717, 1.165) is 20.3 Å². The smallest absolute Gasteiger partial charge is 0.347 e. The van der Waals surface area contributed by atoms with Gasteiger partial charge >= 0.3 is 17.9 Å². The first-order valence-electron chi connectivity index (χ1n) is 12.5. The van der Waals surface area contributed by atoms with Gasteiger partial charge in [0, 0.05) is 30.3 Å². The molecule has 3 aliphatic rings. The van der Waals surface area contributed by atoms with Gasteiger partial charge in [0.05, 0.1) is 20.1 Å². The molecule has 0 amide bonds. The SMILES string of the molecule is COC(=O)C(Cc1ccc(O)c(O)c1)OC(=O)/C=C/C1=C[C@@H]2C(=O)[C@@H](O)[C@H]1[C@H](C(=O)OC)[C@H]2c1ccc(O)c(O)c1. The summed E-state index contributed by atoms with van der Waals surface area (Å²) in [5.74, 6) is -8.80. The van der Waals surface area contributed by atoms with E-state index in [9.17, 15) is 44.7 Å². The number of hydrogen-bond donors (Lipinski definition) is 5. The van der Waals surface area contributed by atoms with E-state index >= 15 is 0 Å². The third kappa shape index (κ3) is 5.73. The van der Waals surface area contributed by atoms with Crippen molar-refractivity contribution in [2.24, 2.45) is 17.8 Å². The third-order valence-corrected chi connectivity index (χ3v) is 7.33. The Morgan fingerprint density at radius 2 is 1.56 bits per heavy atom. The molecule has 0 aliphatic heterocycles. The summed E-state index contributed by atoms with van der Waals surface area (Å²) in [7, 11) is 2.26. The van der Waals surface area contributed by atoms with Gasteiger partial charge < -0.3 is 39.7 Å². The van der Waals surface area contributed by atoms with Gasteiger partial charge in [-0.25, -0.2) is 9.59 Å². The van der Waals surface area contributed by atoms with E-state index < -0.39 is 71.1 Å². The number of phenols is 4. The molecule has 5 N–H and O–H groups in total. The largest absolute Gasteiger partial charge is 0.504 e. The molecule has 5 rings (SSSR count). The number of ether oxygens (including phenoxy) is 3. The first-order valence-corrected chi connectivity index (χ1v) is 12.5. The van der Waals surface area contributed by atoms with E-state index in [2.05, 4.69) is 0 Å². The molecule has 12 nitrogen and oxygen atoms in total. The lowest BCUT2D eigenvalue weighted by atomic mass is 9.56. The standard InChI is InChI=1S/C29H28O12/c1-39-28(37)21(10-13-3-6-17(30)19(32)9-13)41-22(34)8-5-14-11-16-23(15-4-7-18(31)20(33)12-15)25(29(38)40-2)24(14)27(36)26(16)35/h3-9,11-12,16,21,23-25,27,30-33,36H,10H2,1-2H3/b8-5+/t16-,21?,23-,24+,25+,27-/m0/s1. The number of fused-ring (bicyclic) bond motifs is 2. The number of Topliss-reactive ketones (excluding diaryl/α,β-unsaturated/α-hetero) is 1. The van der Waals surface area contributed by atoms with Crippen molar-refractivity contribution in [3.8, 4) is 23.0 Å². The van der Waals surface area contributed by atoms with Crippen molar-refractivity contribution in [3.05, 3.63) is 71.3 Å². The molecule has 2 aromatic carbocycles. The molecule has 0 saturated heterocycles. The Morgan fingerprint density at radius 3 is 2.17 bits per heavy atom. The van der Waals surface area contributed by atoms with Crippen LogP contribution < -0.4 is 0 Å². The molecule has 0 spiro atoms. The van der Waals surface area contributed by atoms with Crippen molar-refractivity contribution >= 4 is 23.7 Å². The number of allylic oxidation sites excluding steroid dienone is 2. The molecule has 12 heteroatoms. The Hall–Kier alpha value is -4.84. The fraction of sp³-hybridized carbons (Fsp3) is 0.310. The highest BCUT2D eigenvalue weighted by atomic mass is 16.6. The first kappa shape index (κ1) is 29.2. The van der Waals surface area contributed by atoms with Crippen LogP contribution in [0.1, 0.15) is 17.0 Å². The summed E-state index contributed by atoms with van der Waals surface area (Å²) in [4.78, 5) is 50.8. The Bertz CT molecular complexity index is 1440. The average Bonchev–Trinajstić information content (AvgIpc) is 2.95. The van der Waals surface area contributed by atoms with Crippen LogP contribution in [0.2, 0.25) is 0 Å². The highest BCUT2D eigenvalue weighted by Crippen LogP contribution is 2.52. The van der Waals surface area contributed by atoms with Crippen LogP contribution in [0.5, 0.6) is 23.0 Å². The van der Waals surface area contributed by atoms with Gasteiger partial charge in [-0.2, -0.15) is 0 Å². The molecular weight excluding hydrogens is 540 g/mol. The van der Waals surface area contributed by atoms with Crippen LogP contribution in [0.3, 0.4) is 0 Å². The van der Waals surface area contributed by atoms with Crippen LogP contribution >= 0.6 is 0 Å². The van der Waals surface area contributed by atoms with Gasteiger partial charge in [-0.3, -0.25) is 9.59 Å². The first-order chi connectivity index (χ1) is 19.5. The predicted molar refractivity (Wildman–Crippen MR) is 139 cm³/mol. The summed E-state index contributed by atoms with van der Waals surface area (Å²) < 4.78 is 14.9. The molecule has 41 heavy (non-hydrogen) atoms.